The Morgan fingerprint density at radius 1 is 0.680 bits per heavy atom. The van der Waals surface area contributed by atoms with E-state index in [2.05, 4.69) is 0 Å². The second kappa shape index (κ2) is 8.37. The lowest BCUT2D eigenvalue weighted by molar-refractivity contribution is 0.323. The molecule has 0 aromatic heterocycles. The summed E-state index contributed by atoms with van der Waals surface area (Å²) in [6.07, 6.45) is 1.42. The molecule has 0 aliphatic carbocycles. The molecule has 0 atom stereocenters. The Morgan fingerprint density at radius 3 is 1.72 bits per heavy atom. The van der Waals surface area contributed by atoms with Crippen molar-refractivity contribution in [1.29, 1.82) is 0 Å². The summed E-state index contributed by atoms with van der Waals surface area (Å²) in [6.45, 7) is 0. The van der Waals surface area contributed by atoms with Crippen molar-refractivity contribution in [3.63, 3.8) is 0 Å². The van der Waals surface area contributed by atoms with Gasteiger partial charge in [-0.25, -0.2) is 0 Å². The first-order valence-electron chi connectivity index (χ1n) is 7.81. The van der Waals surface area contributed by atoms with E-state index in [9.17, 15) is 5.11 Å². The van der Waals surface area contributed by atoms with Gasteiger partial charge < -0.3 is 28.8 Å². The molecular formula is C19H24O6. The fraction of sp³-hybridized carbons (Fsp3) is 0.368. The minimum atomic E-state index is 0.0517. The van der Waals surface area contributed by atoms with E-state index in [0.29, 0.717) is 35.2 Å². The fourth-order valence-electron chi connectivity index (χ4n) is 2.77. The van der Waals surface area contributed by atoms with Gasteiger partial charge in [0.1, 0.15) is 0 Å². The van der Waals surface area contributed by atoms with Gasteiger partial charge in [-0.3, -0.25) is 0 Å². The Hall–Kier alpha value is -2.76. The van der Waals surface area contributed by atoms with E-state index >= 15 is 0 Å². The summed E-state index contributed by atoms with van der Waals surface area (Å²) in [5.41, 5.74) is 1.97. The predicted octanol–water partition coefficient (Wildman–Crippen LogP) is 3.22. The second-order valence-corrected chi connectivity index (χ2v) is 5.34. The van der Waals surface area contributed by atoms with E-state index in [1.807, 2.05) is 18.2 Å². The molecule has 2 aromatic carbocycles. The van der Waals surface area contributed by atoms with Crippen molar-refractivity contribution in [2.24, 2.45) is 0 Å². The third kappa shape index (κ3) is 3.84. The Labute approximate surface area is 147 Å². The zero-order valence-electron chi connectivity index (χ0n) is 15.2. The minimum Gasteiger partial charge on any atom is -0.504 e. The average Bonchev–Trinajstić information content (AvgIpc) is 2.65. The van der Waals surface area contributed by atoms with E-state index in [4.69, 9.17) is 23.7 Å². The summed E-state index contributed by atoms with van der Waals surface area (Å²) >= 11 is 0. The number of phenolic OH excluding ortho intramolecular Hbond substituents is 1. The van der Waals surface area contributed by atoms with Crippen LogP contribution in [-0.2, 0) is 12.8 Å². The van der Waals surface area contributed by atoms with Crippen molar-refractivity contribution < 1.29 is 28.8 Å². The first-order valence-corrected chi connectivity index (χ1v) is 7.81. The van der Waals surface area contributed by atoms with Gasteiger partial charge >= 0.3 is 0 Å². The maximum atomic E-state index is 9.87. The highest BCUT2D eigenvalue weighted by Crippen LogP contribution is 2.41. The highest BCUT2D eigenvalue weighted by atomic mass is 16.5. The summed E-state index contributed by atoms with van der Waals surface area (Å²) in [7, 11) is 7.82. The lowest BCUT2D eigenvalue weighted by Gasteiger charge is -2.16. The Balaban J connectivity index is 2.30. The van der Waals surface area contributed by atoms with Crippen molar-refractivity contribution in [3.8, 4) is 34.5 Å². The molecule has 0 spiro atoms. The molecule has 0 radical (unpaired) electrons. The van der Waals surface area contributed by atoms with Gasteiger partial charge in [0.15, 0.2) is 23.0 Å². The maximum Gasteiger partial charge on any atom is 0.203 e. The largest absolute Gasteiger partial charge is 0.504 e. The average molecular weight is 348 g/mol. The van der Waals surface area contributed by atoms with Gasteiger partial charge in [-0.05, 0) is 42.2 Å². The Morgan fingerprint density at radius 2 is 1.24 bits per heavy atom. The molecule has 0 unspecified atom stereocenters. The Kier molecular flexibility index (Phi) is 6.22. The lowest BCUT2D eigenvalue weighted by atomic mass is 10.0. The number of ether oxygens (including phenoxy) is 5. The van der Waals surface area contributed by atoms with E-state index in [1.54, 1.807) is 34.5 Å². The van der Waals surface area contributed by atoms with Crippen LogP contribution in [0.5, 0.6) is 34.5 Å². The van der Waals surface area contributed by atoms with Crippen LogP contribution in [0.3, 0.4) is 0 Å². The van der Waals surface area contributed by atoms with Crippen LogP contribution >= 0.6 is 0 Å². The summed E-state index contributed by atoms with van der Waals surface area (Å²) in [5, 5.41) is 9.87. The summed E-state index contributed by atoms with van der Waals surface area (Å²) in [4.78, 5) is 0. The van der Waals surface area contributed by atoms with Crippen LogP contribution in [0, 0.1) is 0 Å². The van der Waals surface area contributed by atoms with Crippen molar-refractivity contribution in [1.82, 2.24) is 0 Å². The summed E-state index contributed by atoms with van der Waals surface area (Å²) in [6, 6.07) is 7.28. The van der Waals surface area contributed by atoms with Crippen molar-refractivity contribution in [2.75, 3.05) is 35.5 Å². The SMILES string of the molecule is COc1cc(CCc2ccc(O)c(OC)c2OC)cc(OC)c1OC. The standard InChI is InChI=1S/C19H24O6/c1-21-15-10-12(11-16(22-2)19(15)25-5)6-7-13-8-9-14(20)18(24-4)17(13)23-3/h8-11,20H,6-7H2,1-5H3. The maximum absolute atomic E-state index is 9.87. The quantitative estimate of drug-likeness (QED) is 0.790. The van der Waals surface area contributed by atoms with Crippen LogP contribution in [0.15, 0.2) is 24.3 Å². The third-order valence-electron chi connectivity index (χ3n) is 3.99. The molecule has 6 nitrogen and oxygen atoms in total. The number of benzene rings is 2. The number of aromatic hydroxyl groups is 1. The van der Waals surface area contributed by atoms with Gasteiger partial charge in [0, 0.05) is 0 Å². The number of methoxy groups -OCH3 is 5. The molecule has 0 amide bonds. The van der Waals surface area contributed by atoms with Gasteiger partial charge in [-0.2, -0.15) is 0 Å². The molecule has 1 N–H and O–H groups in total. The van der Waals surface area contributed by atoms with Crippen LogP contribution in [-0.4, -0.2) is 40.7 Å². The van der Waals surface area contributed by atoms with E-state index in [-0.39, 0.29) is 5.75 Å². The van der Waals surface area contributed by atoms with Crippen molar-refractivity contribution in [3.05, 3.63) is 35.4 Å². The first kappa shape index (κ1) is 18.6. The van der Waals surface area contributed by atoms with Gasteiger partial charge in [-0.1, -0.05) is 6.07 Å². The molecule has 0 bridgehead atoms. The normalized spacial score (nSPS) is 10.3. The number of phenols is 1. The first-order chi connectivity index (χ1) is 12.1. The lowest BCUT2D eigenvalue weighted by Crippen LogP contribution is -2.00. The number of hydrogen-bond donors (Lipinski definition) is 1. The van der Waals surface area contributed by atoms with Gasteiger partial charge in [0.05, 0.1) is 35.5 Å². The molecule has 25 heavy (non-hydrogen) atoms. The molecule has 136 valence electrons. The van der Waals surface area contributed by atoms with Gasteiger partial charge in [0.25, 0.3) is 0 Å². The molecule has 0 fully saturated rings. The highest BCUT2D eigenvalue weighted by molar-refractivity contribution is 5.56. The van der Waals surface area contributed by atoms with Gasteiger partial charge in [-0.15, -0.1) is 0 Å². The van der Waals surface area contributed by atoms with Crippen LogP contribution in [0.4, 0.5) is 0 Å². The van der Waals surface area contributed by atoms with Crippen LogP contribution in [0.2, 0.25) is 0 Å². The smallest absolute Gasteiger partial charge is 0.203 e. The topological polar surface area (TPSA) is 66.4 Å². The molecular weight excluding hydrogens is 324 g/mol. The molecule has 0 aliphatic heterocycles. The second-order valence-electron chi connectivity index (χ2n) is 5.34. The summed E-state index contributed by atoms with van der Waals surface area (Å²) in [5.74, 6) is 2.73. The molecule has 0 saturated carbocycles. The van der Waals surface area contributed by atoms with Crippen molar-refractivity contribution >= 4 is 0 Å². The zero-order chi connectivity index (χ0) is 18.4. The van der Waals surface area contributed by atoms with E-state index in [0.717, 1.165) is 17.5 Å². The fourth-order valence-corrected chi connectivity index (χ4v) is 2.77. The van der Waals surface area contributed by atoms with Crippen molar-refractivity contribution in [2.45, 2.75) is 12.8 Å². The van der Waals surface area contributed by atoms with Crippen LogP contribution in [0.25, 0.3) is 0 Å². The van der Waals surface area contributed by atoms with E-state index in [1.165, 1.54) is 7.11 Å². The minimum absolute atomic E-state index is 0.0517. The van der Waals surface area contributed by atoms with Crippen LogP contribution in [0.1, 0.15) is 11.1 Å². The number of aryl methyl sites for hydroxylation is 2. The molecule has 2 aromatic rings. The molecule has 0 aliphatic rings. The summed E-state index contributed by atoms with van der Waals surface area (Å²) < 4.78 is 26.8. The third-order valence-corrected chi connectivity index (χ3v) is 3.99. The Bertz CT molecular complexity index is 701. The predicted molar refractivity (Wildman–Crippen MR) is 94.7 cm³/mol. The highest BCUT2D eigenvalue weighted by Gasteiger charge is 2.16. The molecule has 0 saturated heterocycles. The van der Waals surface area contributed by atoms with Gasteiger partial charge in [0.2, 0.25) is 11.5 Å². The van der Waals surface area contributed by atoms with Crippen LogP contribution < -0.4 is 23.7 Å². The zero-order valence-corrected chi connectivity index (χ0v) is 15.2. The number of hydrogen-bond acceptors (Lipinski definition) is 6. The van der Waals surface area contributed by atoms with E-state index < -0.39 is 0 Å². The molecule has 6 heteroatoms. The molecule has 0 heterocycles. The number of rotatable bonds is 8. The monoisotopic (exact) mass is 348 g/mol. The molecule has 2 rings (SSSR count).